The van der Waals surface area contributed by atoms with Crippen LogP contribution in [0.4, 0.5) is 3.50 Å². The Hall–Kier alpha value is 0.716. The Morgan fingerprint density at radius 1 is 0.957 bits per heavy atom. The number of halogens is 1. The van der Waals surface area contributed by atoms with E-state index >= 15 is 0 Å². The molecule has 0 fully saturated rings. The van der Waals surface area contributed by atoms with E-state index in [0.717, 1.165) is 30.5 Å². The Labute approximate surface area is 154 Å². The number of allylic oxidation sites excluding steroid dienone is 4. The van der Waals surface area contributed by atoms with E-state index < -0.39 is 37.0 Å². The van der Waals surface area contributed by atoms with Gasteiger partial charge in [0.15, 0.2) is 0 Å². The Kier molecular flexibility index (Phi) is 10.1. The minimum absolute atomic E-state index is 0.595. The summed E-state index contributed by atoms with van der Waals surface area (Å²) in [6, 6.07) is 0. The second kappa shape index (κ2) is 10.6. The van der Waals surface area contributed by atoms with E-state index in [9.17, 15) is 3.50 Å². The van der Waals surface area contributed by atoms with Gasteiger partial charge >= 0.3 is 156 Å². The van der Waals surface area contributed by atoms with E-state index in [1.54, 1.807) is 0 Å². The van der Waals surface area contributed by atoms with Gasteiger partial charge in [-0.05, 0) is 0 Å². The van der Waals surface area contributed by atoms with Gasteiger partial charge in [0.05, 0.1) is 0 Å². The predicted octanol–water partition coefficient (Wildman–Crippen LogP) is 2.85. The third-order valence-corrected chi connectivity index (χ3v) is 16.7. The first kappa shape index (κ1) is 21.8. The zero-order chi connectivity index (χ0) is 17.5. The molecule has 0 spiro atoms. The number of hydrogen-bond donors (Lipinski definition) is 3. The summed E-state index contributed by atoms with van der Waals surface area (Å²) in [6.45, 7) is 16.4. The van der Waals surface area contributed by atoms with Crippen LogP contribution in [0.5, 0.6) is 0 Å². The van der Waals surface area contributed by atoms with Gasteiger partial charge in [-0.15, -0.1) is 0 Å². The molecular formula is C17H36FGeN3Zr. The summed E-state index contributed by atoms with van der Waals surface area (Å²) in [4.78, 5) is 0. The maximum atomic E-state index is 13.7. The van der Waals surface area contributed by atoms with Crippen LogP contribution in [0.15, 0.2) is 19.8 Å². The molecule has 0 aromatic carbocycles. The van der Waals surface area contributed by atoms with E-state index in [-0.39, 0.29) is 0 Å². The van der Waals surface area contributed by atoms with Crippen LogP contribution in [0.25, 0.3) is 0 Å². The van der Waals surface area contributed by atoms with Crippen LogP contribution in [-0.4, -0.2) is 35.5 Å². The van der Waals surface area contributed by atoms with Crippen molar-refractivity contribution in [1.29, 1.82) is 0 Å². The topological polar surface area (TPSA) is 36.1 Å². The van der Waals surface area contributed by atoms with E-state index in [1.807, 2.05) is 0 Å². The molecule has 3 N–H and O–H groups in total. The van der Waals surface area contributed by atoms with Gasteiger partial charge in [0, 0.05) is 0 Å². The summed E-state index contributed by atoms with van der Waals surface area (Å²) in [5, 5.41) is 0. The fourth-order valence-electron chi connectivity index (χ4n) is 2.65. The second-order valence-electron chi connectivity index (χ2n) is 7.82. The van der Waals surface area contributed by atoms with Gasteiger partial charge in [-0.3, -0.25) is 0 Å². The molecular weight excluding hydrogens is 429 g/mol. The van der Waals surface area contributed by atoms with Gasteiger partial charge in [0.25, 0.3) is 0 Å². The summed E-state index contributed by atoms with van der Waals surface area (Å²) >= 11 is -5.24. The molecule has 23 heavy (non-hydrogen) atoms. The summed E-state index contributed by atoms with van der Waals surface area (Å²) in [5.74, 6) is 1.79. The van der Waals surface area contributed by atoms with Crippen LogP contribution in [0.3, 0.4) is 0 Å². The Morgan fingerprint density at radius 2 is 1.39 bits per heavy atom. The molecule has 0 amide bonds. The van der Waals surface area contributed by atoms with Crippen molar-refractivity contribution in [3.05, 3.63) is 19.8 Å². The zero-order valence-electron chi connectivity index (χ0n) is 15.8. The van der Waals surface area contributed by atoms with Crippen LogP contribution in [0.1, 0.15) is 48.0 Å². The van der Waals surface area contributed by atoms with Crippen LogP contribution in [0.2, 0.25) is 0 Å². The maximum absolute atomic E-state index is 13.7. The Balaban J connectivity index is 3.09. The van der Waals surface area contributed by atoms with Gasteiger partial charge < -0.3 is 0 Å². The molecule has 1 rings (SSSR count). The Morgan fingerprint density at radius 3 is 1.74 bits per heavy atom. The second-order valence-corrected chi connectivity index (χ2v) is 17.8. The molecule has 0 aliphatic heterocycles. The number of nitrogens with one attached hydrogen (secondary N) is 3. The standard InChI is InChI=1S/C5H6FGe.3C4H10N.Zr/c6-7-5-3-1-2-4-5;3*1-4(2)3-5;/h1,3H,2,7H2;3*4-5H,3H2,1-2H3;/q;3*-1;+3. The molecule has 0 radical (unpaired) electrons. The SMILES string of the molecule is CC(C)C[NH][Zr]([NH]CC(C)C)([NH]CC(C)C)[C]1=[C]([GeH2][F])C=CC1. The first-order chi connectivity index (χ1) is 10.8. The van der Waals surface area contributed by atoms with Gasteiger partial charge in [-0.25, -0.2) is 0 Å². The molecule has 1 aliphatic carbocycles. The number of hydrogen-bond acceptors (Lipinski definition) is 3. The fraction of sp³-hybridized carbons (Fsp3) is 0.765. The van der Waals surface area contributed by atoms with Crippen LogP contribution in [-0.2, 0) is 21.1 Å². The minimum atomic E-state index is -3.17. The van der Waals surface area contributed by atoms with Crippen molar-refractivity contribution in [3.63, 3.8) is 0 Å². The first-order valence-electron chi connectivity index (χ1n) is 9.00. The normalized spacial score (nSPS) is 16.3. The Bertz CT molecular complexity index is 391. The van der Waals surface area contributed by atoms with Crippen molar-refractivity contribution in [2.75, 3.05) is 19.6 Å². The molecule has 6 heteroatoms. The van der Waals surface area contributed by atoms with Crippen molar-refractivity contribution in [3.8, 4) is 0 Å². The molecule has 0 aromatic rings. The van der Waals surface area contributed by atoms with Crippen molar-refractivity contribution in [1.82, 2.24) is 9.78 Å². The van der Waals surface area contributed by atoms with Gasteiger partial charge in [0.2, 0.25) is 0 Å². The molecule has 134 valence electrons. The molecule has 0 unspecified atom stereocenters. The van der Waals surface area contributed by atoms with E-state index in [0.29, 0.717) is 17.8 Å². The average Bonchev–Trinajstić information content (AvgIpc) is 2.95. The molecule has 3 nitrogen and oxygen atoms in total. The fourth-order valence-corrected chi connectivity index (χ4v) is 18.2. The predicted molar refractivity (Wildman–Crippen MR) is 99.0 cm³/mol. The monoisotopic (exact) mass is 465 g/mol. The summed E-state index contributed by atoms with van der Waals surface area (Å²) < 4.78 is 27.9. The third kappa shape index (κ3) is 7.23. The number of rotatable bonds is 11. The van der Waals surface area contributed by atoms with Gasteiger partial charge in [-0.1, -0.05) is 0 Å². The summed E-state index contributed by atoms with van der Waals surface area (Å²) in [5.41, 5.74) is 0. The van der Waals surface area contributed by atoms with Crippen molar-refractivity contribution < 1.29 is 24.6 Å². The van der Waals surface area contributed by atoms with Crippen molar-refractivity contribution in [2.45, 2.75) is 48.0 Å². The van der Waals surface area contributed by atoms with Crippen molar-refractivity contribution in [2.24, 2.45) is 17.8 Å². The molecule has 0 aromatic heterocycles. The summed E-state index contributed by atoms with van der Waals surface area (Å²) in [7, 11) is 0. The molecule has 0 bridgehead atoms. The van der Waals surface area contributed by atoms with E-state index in [2.05, 4.69) is 63.5 Å². The molecule has 0 atom stereocenters. The van der Waals surface area contributed by atoms with Crippen molar-refractivity contribution >= 4 is 15.9 Å². The average molecular weight is 465 g/mol. The van der Waals surface area contributed by atoms with Crippen LogP contribution in [0, 0.1) is 17.8 Å². The van der Waals surface area contributed by atoms with Gasteiger partial charge in [0.1, 0.15) is 0 Å². The molecule has 0 heterocycles. The van der Waals surface area contributed by atoms with Crippen LogP contribution >= 0.6 is 0 Å². The first-order valence-corrected chi connectivity index (χ1v) is 16.5. The summed E-state index contributed by atoms with van der Waals surface area (Å²) in [6.07, 6.45) is 5.15. The third-order valence-electron chi connectivity index (χ3n) is 3.95. The van der Waals surface area contributed by atoms with E-state index in [4.69, 9.17) is 0 Å². The molecule has 1 aliphatic rings. The molecule has 0 saturated heterocycles. The van der Waals surface area contributed by atoms with Crippen LogP contribution < -0.4 is 9.78 Å². The quantitative estimate of drug-likeness (QED) is 0.411. The van der Waals surface area contributed by atoms with Gasteiger partial charge in [-0.2, -0.15) is 0 Å². The molecule has 0 saturated carbocycles. The zero-order valence-corrected chi connectivity index (χ0v) is 21.2. The van der Waals surface area contributed by atoms with E-state index in [1.165, 1.54) is 3.28 Å².